The number of carbonyl (C=O) groups excluding carboxylic acids is 1. The Kier molecular flexibility index (Phi) is 7.29. The zero-order valence-corrected chi connectivity index (χ0v) is 16.5. The quantitative estimate of drug-likeness (QED) is 0.808. The first-order chi connectivity index (χ1) is 11.6. The van der Waals surface area contributed by atoms with Crippen molar-refractivity contribution in [3.8, 4) is 5.75 Å². The Balaban J connectivity index is 0.00000225. The molecule has 1 aliphatic rings. The highest BCUT2D eigenvalue weighted by Gasteiger charge is 2.23. The van der Waals surface area contributed by atoms with Gasteiger partial charge in [-0.1, -0.05) is 24.3 Å². The third-order valence-electron chi connectivity index (χ3n) is 4.19. The van der Waals surface area contributed by atoms with Crippen molar-refractivity contribution in [2.24, 2.45) is 0 Å². The summed E-state index contributed by atoms with van der Waals surface area (Å²) < 4.78 is 6.74. The van der Waals surface area contributed by atoms with Gasteiger partial charge in [0.2, 0.25) is 0 Å². The van der Waals surface area contributed by atoms with Crippen molar-refractivity contribution in [2.75, 3.05) is 19.6 Å². The highest BCUT2D eigenvalue weighted by atomic mass is 79.9. The Morgan fingerprint density at radius 1 is 1.24 bits per heavy atom. The van der Waals surface area contributed by atoms with Gasteiger partial charge in [-0.25, -0.2) is 0 Å². The number of hydrogen-bond acceptors (Lipinski definition) is 3. The molecule has 6 heteroatoms. The van der Waals surface area contributed by atoms with Gasteiger partial charge in [-0.15, -0.1) is 12.4 Å². The molecule has 0 radical (unpaired) electrons. The number of amides is 1. The van der Waals surface area contributed by atoms with E-state index in [4.69, 9.17) is 4.74 Å². The van der Waals surface area contributed by atoms with Crippen LogP contribution in [0.2, 0.25) is 0 Å². The number of piperazine rings is 1. The largest absolute Gasteiger partial charge is 0.488 e. The van der Waals surface area contributed by atoms with Crippen molar-refractivity contribution in [2.45, 2.75) is 19.6 Å². The molecule has 1 fully saturated rings. The monoisotopic (exact) mass is 424 g/mol. The van der Waals surface area contributed by atoms with Crippen molar-refractivity contribution in [1.29, 1.82) is 0 Å². The summed E-state index contributed by atoms with van der Waals surface area (Å²) in [5.74, 6) is 0.912. The molecule has 4 nitrogen and oxygen atoms in total. The zero-order chi connectivity index (χ0) is 16.9. The summed E-state index contributed by atoms with van der Waals surface area (Å²) in [6.45, 7) is 5.01. The van der Waals surface area contributed by atoms with Crippen LogP contribution in [0.5, 0.6) is 5.75 Å². The average molecular weight is 426 g/mol. The van der Waals surface area contributed by atoms with Gasteiger partial charge < -0.3 is 15.0 Å². The maximum Gasteiger partial charge on any atom is 0.254 e. The minimum absolute atomic E-state index is 0. The first-order valence-electron chi connectivity index (χ1n) is 8.13. The molecule has 0 spiro atoms. The van der Waals surface area contributed by atoms with Crippen molar-refractivity contribution in [3.05, 3.63) is 64.1 Å². The third-order valence-corrected chi connectivity index (χ3v) is 4.85. The van der Waals surface area contributed by atoms with Crippen molar-refractivity contribution < 1.29 is 9.53 Å². The Bertz CT molecular complexity index is 709. The number of carbonyl (C=O) groups is 1. The fraction of sp³-hybridized carbons (Fsp3) is 0.316. The van der Waals surface area contributed by atoms with Gasteiger partial charge in [-0.2, -0.15) is 0 Å². The second-order valence-corrected chi connectivity index (χ2v) is 6.82. The fourth-order valence-electron chi connectivity index (χ4n) is 2.77. The molecule has 1 heterocycles. The van der Waals surface area contributed by atoms with Crippen LogP contribution in [0.1, 0.15) is 22.8 Å². The molecule has 3 rings (SSSR count). The standard InChI is InChI=1S/C19H21BrN2O2.ClH/c1-14-12-21-10-11-22(14)19(23)16-8-6-15(7-9-16)13-24-18-5-3-2-4-17(18)20;/h2-9,14,21H,10-13H2,1H3;1H/t14-;/m1./s1. The van der Waals surface area contributed by atoms with Gasteiger partial charge in [0.15, 0.2) is 0 Å². The summed E-state index contributed by atoms with van der Waals surface area (Å²) >= 11 is 3.47. The number of benzene rings is 2. The second-order valence-electron chi connectivity index (χ2n) is 5.97. The molecule has 25 heavy (non-hydrogen) atoms. The van der Waals surface area contributed by atoms with E-state index in [0.717, 1.165) is 41.0 Å². The van der Waals surface area contributed by atoms with Crippen LogP contribution < -0.4 is 10.1 Å². The van der Waals surface area contributed by atoms with Crippen LogP contribution in [-0.2, 0) is 6.61 Å². The average Bonchev–Trinajstić information content (AvgIpc) is 2.61. The zero-order valence-electron chi connectivity index (χ0n) is 14.1. The molecule has 1 atom stereocenters. The van der Waals surface area contributed by atoms with Crippen LogP contribution >= 0.6 is 28.3 Å². The molecule has 0 saturated carbocycles. The Morgan fingerprint density at radius 3 is 2.64 bits per heavy atom. The van der Waals surface area contributed by atoms with Gasteiger partial charge in [0, 0.05) is 31.2 Å². The number of para-hydroxylation sites is 1. The second kappa shape index (κ2) is 9.22. The predicted octanol–water partition coefficient (Wildman–Crippen LogP) is 3.88. The summed E-state index contributed by atoms with van der Waals surface area (Å²) in [7, 11) is 0. The summed E-state index contributed by atoms with van der Waals surface area (Å²) in [6.07, 6.45) is 0. The molecule has 0 bridgehead atoms. The molecule has 0 aromatic heterocycles. The molecule has 1 amide bonds. The molecular weight excluding hydrogens is 404 g/mol. The number of nitrogens with zero attached hydrogens (tertiary/aromatic N) is 1. The molecule has 0 aliphatic carbocycles. The van der Waals surface area contributed by atoms with E-state index in [1.807, 2.05) is 53.4 Å². The van der Waals surface area contributed by atoms with Gasteiger partial charge in [-0.05, 0) is 52.7 Å². The van der Waals surface area contributed by atoms with Gasteiger partial charge >= 0.3 is 0 Å². The molecule has 2 aromatic carbocycles. The van der Waals surface area contributed by atoms with E-state index < -0.39 is 0 Å². The summed E-state index contributed by atoms with van der Waals surface area (Å²) in [5, 5.41) is 3.30. The summed E-state index contributed by atoms with van der Waals surface area (Å²) in [5.41, 5.74) is 1.77. The number of nitrogens with one attached hydrogen (secondary N) is 1. The van der Waals surface area contributed by atoms with E-state index in [1.54, 1.807) is 0 Å². The number of ether oxygens (including phenoxy) is 1. The van der Waals surface area contributed by atoms with E-state index >= 15 is 0 Å². The smallest absolute Gasteiger partial charge is 0.254 e. The number of rotatable bonds is 4. The lowest BCUT2D eigenvalue weighted by Crippen LogP contribution is -2.52. The van der Waals surface area contributed by atoms with Crippen molar-refractivity contribution >= 4 is 34.2 Å². The SMILES string of the molecule is C[C@@H]1CNCCN1C(=O)c1ccc(COc2ccccc2Br)cc1.Cl. The topological polar surface area (TPSA) is 41.6 Å². The highest BCUT2D eigenvalue weighted by Crippen LogP contribution is 2.24. The van der Waals surface area contributed by atoms with E-state index in [2.05, 4.69) is 28.2 Å². The predicted molar refractivity (Wildman–Crippen MR) is 106 cm³/mol. The molecule has 0 unspecified atom stereocenters. The Morgan fingerprint density at radius 2 is 1.96 bits per heavy atom. The van der Waals surface area contributed by atoms with Crippen LogP contribution in [0.3, 0.4) is 0 Å². The molecule has 1 N–H and O–H groups in total. The van der Waals surface area contributed by atoms with Gasteiger partial charge in [0.1, 0.15) is 12.4 Å². The Hall–Kier alpha value is -1.56. The highest BCUT2D eigenvalue weighted by molar-refractivity contribution is 9.10. The minimum atomic E-state index is 0. The van der Waals surface area contributed by atoms with Gasteiger partial charge in [0.25, 0.3) is 5.91 Å². The van der Waals surface area contributed by atoms with Crippen molar-refractivity contribution in [3.63, 3.8) is 0 Å². The Labute approximate surface area is 163 Å². The van der Waals surface area contributed by atoms with Crippen LogP contribution in [0.25, 0.3) is 0 Å². The maximum absolute atomic E-state index is 12.6. The summed E-state index contributed by atoms with van der Waals surface area (Å²) in [6, 6.07) is 15.7. The van der Waals surface area contributed by atoms with Crippen LogP contribution in [-0.4, -0.2) is 36.5 Å². The lowest BCUT2D eigenvalue weighted by Gasteiger charge is -2.34. The maximum atomic E-state index is 12.6. The summed E-state index contributed by atoms with van der Waals surface area (Å²) in [4.78, 5) is 14.5. The number of halogens is 2. The lowest BCUT2D eigenvalue weighted by molar-refractivity contribution is 0.0655. The molecule has 1 saturated heterocycles. The van der Waals surface area contributed by atoms with E-state index in [-0.39, 0.29) is 24.4 Å². The first-order valence-corrected chi connectivity index (χ1v) is 8.92. The van der Waals surface area contributed by atoms with Crippen LogP contribution in [0.15, 0.2) is 53.0 Å². The van der Waals surface area contributed by atoms with Crippen molar-refractivity contribution in [1.82, 2.24) is 10.2 Å². The first kappa shape index (κ1) is 19.8. The van der Waals surface area contributed by atoms with Gasteiger partial charge in [-0.3, -0.25) is 4.79 Å². The van der Waals surface area contributed by atoms with Gasteiger partial charge in [0.05, 0.1) is 4.47 Å². The van der Waals surface area contributed by atoms with Crippen LogP contribution in [0, 0.1) is 0 Å². The molecule has 134 valence electrons. The van der Waals surface area contributed by atoms with E-state index in [1.165, 1.54) is 0 Å². The van der Waals surface area contributed by atoms with E-state index in [0.29, 0.717) is 6.61 Å². The minimum Gasteiger partial charge on any atom is -0.488 e. The third kappa shape index (κ3) is 4.97. The van der Waals surface area contributed by atoms with Crippen LogP contribution in [0.4, 0.5) is 0 Å². The lowest BCUT2D eigenvalue weighted by atomic mass is 10.1. The fourth-order valence-corrected chi connectivity index (χ4v) is 3.17. The molecule has 1 aliphatic heterocycles. The molecule has 2 aromatic rings. The normalized spacial score (nSPS) is 16.9. The molecular formula is C19H22BrClN2O2. The number of hydrogen-bond donors (Lipinski definition) is 1. The van der Waals surface area contributed by atoms with E-state index in [9.17, 15) is 4.79 Å².